The molecule has 1 heterocycles. The summed E-state index contributed by atoms with van der Waals surface area (Å²) in [5, 5.41) is 6.28. The van der Waals surface area contributed by atoms with E-state index in [-0.39, 0.29) is 17.4 Å². The van der Waals surface area contributed by atoms with Gasteiger partial charge in [0.1, 0.15) is 5.00 Å². The summed E-state index contributed by atoms with van der Waals surface area (Å²) in [4.78, 5) is 23.7. The number of nitrogen functional groups attached to an aromatic ring is 1. The maximum atomic E-state index is 11.8. The number of hydrogen-bond donors (Lipinski definition) is 3. The van der Waals surface area contributed by atoms with Crippen LogP contribution < -0.4 is 16.4 Å². The minimum atomic E-state index is -0.296. The predicted octanol–water partition coefficient (Wildman–Crippen LogP) is 1.34. The maximum Gasteiger partial charge on any atom is 0.256 e. The lowest BCUT2D eigenvalue weighted by Gasteiger charge is -2.06. The summed E-state index contributed by atoms with van der Waals surface area (Å²) >= 11 is 1.21. The van der Waals surface area contributed by atoms with Crippen LogP contribution in [0, 0.1) is 0 Å². The van der Waals surface area contributed by atoms with Crippen LogP contribution in [0.25, 0.3) is 0 Å². The molecule has 4 N–H and O–H groups in total. The Hall–Kier alpha value is -1.60. The third kappa shape index (κ3) is 3.68. The molecule has 19 heavy (non-hydrogen) atoms. The van der Waals surface area contributed by atoms with Crippen molar-refractivity contribution in [3.8, 4) is 0 Å². The zero-order valence-electron chi connectivity index (χ0n) is 11.3. The Labute approximate surface area is 116 Å². The average molecular weight is 285 g/mol. The highest BCUT2D eigenvalue weighted by molar-refractivity contribution is 7.19. The summed E-state index contributed by atoms with van der Waals surface area (Å²) in [7, 11) is 3.16. The first-order valence-electron chi connectivity index (χ1n) is 5.91. The molecule has 0 atom stereocenters. The first-order valence-corrected chi connectivity index (χ1v) is 6.72. The molecule has 6 nitrogen and oxygen atoms in total. The summed E-state index contributed by atoms with van der Waals surface area (Å²) in [6.07, 6.45) is 0.802. The fourth-order valence-electron chi connectivity index (χ4n) is 1.60. The highest BCUT2D eigenvalue weighted by atomic mass is 32.1. The van der Waals surface area contributed by atoms with Crippen molar-refractivity contribution < 1.29 is 14.3 Å². The second-order valence-electron chi connectivity index (χ2n) is 3.96. The highest BCUT2D eigenvalue weighted by Gasteiger charge is 2.22. The molecular formula is C12H19N3O3S. The Morgan fingerprint density at radius 2 is 2.11 bits per heavy atom. The van der Waals surface area contributed by atoms with E-state index in [0.29, 0.717) is 28.6 Å². The molecule has 0 spiro atoms. The molecule has 0 saturated carbocycles. The Morgan fingerprint density at radius 3 is 2.63 bits per heavy atom. The number of methoxy groups -OCH3 is 1. The van der Waals surface area contributed by atoms with Crippen molar-refractivity contribution in [2.24, 2.45) is 0 Å². The molecule has 0 aliphatic carbocycles. The lowest BCUT2D eigenvalue weighted by Crippen LogP contribution is -2.20. The third-order valence-electron chi connectivity index (χ3n) is 2.53. The van der Waals surface area contributed by atoms with E-state index in [0.717, 1.165) is 6.42 Å². The molecule has 0 unspecified atom stereocenters. The van der Waals surface area contributed by atoms with E-state index in [1.54, 1.807) is 7.11 Å². The van der Waals surface area contributed by atoms with Crippen molar-refractivity contribution in [1.82, 2.24) is 5.32 Å². The van der Waals surface area contributed by atoms with E-state index in [9.17, 15) is 9.59 Å². The largest absolute Gasteiger partial charge is 0.397 e. The number of nitrogens with two attached hydrogens (primary N) is 1. The quantitative estimate of drug-likeness (QED) is 0.519. The number of carbonyl (C=O) groups excluding carboxylic acids is 2. The fraction of sp³-hybridized carbons (Fsp3) is 0.500. The first kappa shape index (κ1) is 15.5. The van der Waals surface area contributed by atoms with Crippen LogP contribution in [-0.4, -0.2) is 39.0 Å². The molecule has 0 aliphatic heterocycles. The Morgan fingerprint density at radius 1 is 1.42 bits per heavy atom. The monoisotopic (exact) mass is 285 g/mol. The molecular weight excluding hydrogens is 266 g/mol. The van der Waals surface area contributed by atoms with E-state index in [1.807, 2.05) is 0 Å². The molecule has 1 amide bonds. The van der Waals surface area contributed by atoms with Crippen LogP contribution in [-0.2, 0) is 4.74 Å². The molecule has 106 valence electrons. The lowest BCUT2D eigenvalue weighted by atomic mass is 10.2. The Bertz CT molecular complexity index is 471. The van der Waals surface area contributed by atoms with Gasteiger partial charge in [-0.15, -0.1) is 11.3 Å². The van der Waals surface area contributed by atoms with Gasteiger partial charge < -0.3 is 21.1 Å². The zero-order valence-corrected chi connectivity index (χ0v) is 12.1. The van der Waals surface area contributed by atoms with Gasteiger partial charge in [-0.05, 0) is 6.42 Å². The van der Waals surface area contributed by atoms with Gasteiger partial charge in [-0.3, -0.25) is 9.59 Å². The van der Waals surface area contributed by atoms with Crippen molar-refractivity contribution in [3.05, 3.63) is 10.4 Å². The molecule has 1 aromatic rings. The Balaban J connectivity index is 2.97. The van der Waals surface area contributed by atoms with Gasteiger partial charge in [-0.25, -0.2) is 0 Å². The van der Waals surface area contributed by atoms with Crippen LogP contribution in [0.5, 0.6) is 0 Å². The summed E-state index contributed by atoms with van der Waals surface area (Å²) < 4.78 is 4.95. The molecule has 0 radical (unpaired) electrons. The molecule has 0 aliphatic rings. The van der Waals surface area contributed by atoms with Crippen LogP contribution in [0.3, 0.4) is 0 Å². The number of ketones is 1. The second-order valence-corrected chi connectivity index (χ2v) is 4.98. The van der Waals surface area contributed by atoms with Gasteiger partial charge in [0.2, 0.25) is 0 Å². The Kier molecular flexibility index (Phi) is 5.78. The minimum Gasteiger partial charge on any atom is -0.397 e. The molecule has 1 rings (SSSR count). The highest BCUT2D eigenvalue weighted by Crippen LogP contribution is 2.35. The number of thiophene rings is 1. The number of anilines is 2. The lowest BCUT2D eigenvalue weighted by molar-refractivity contribution is 0.0965. The molecule has 1 aromatic heterocycles. The predicted molar refractivity (Wildman–Crippen MR) is 77.1 cm³/mol. The summed E-state index contributed by atoms with van der Waals surface area (Å²) in [5.41, 5.74) is 6.46. The van der Waals surface area contributed by atoms with Crippen molar-refractivity contribution in [3.63, 3.8) is 0 Å². The number of ether oxygens (including phenoxy) is 1. The molecule has 0 fully saturated rings. The molecule has 0 aromatic carbocycles. The summed E-state index contributed by atoms with van der Waals surface area (Å²) in [6, 6.07) is 0. The summed E-state index contributed by atoms with van der Waals surface area (Å²) in [6.45, 7) is 2.71. The first-order chi connectivity index (χ1) is 9.02. The minimum absolute atomic E-state index is 0.141. The van der Waals surface area contributed by atoms with E-state index in [4.69, 9.17) is 10.5 Å². The molecule has 7 heteroatoms. The van der Waals surface area contributed by atoms with Gasteiger partial charge >= 0.3 is 0 Å². The standard InChI is InChI=1S/C12H19N3O3S/c1-7(16)10-9(13)8(11(17)14-2)12(19-10)15-5-4-6-18-3/h15H,4-6,13H2,1-3H3,(H,14,17). The number of nitrogens with one attached hydrogen (secondary N) is 2. The SMILES string of the molecule is CNC(=O)c1c(NCCCOC)sc(C(C)=O)c1N. The van der Waals surface area contributed by atoms with Crippen molar-refractivity contribution in [2.45, 2.75) is 13.3 Å². The van der Waals surface area contributed by atoms with Crippen LogP contribution in [0.2, 0.25) is 0 Å². The maximum absolute atomic E-state index is 11.8. The second kappa shape index (κ2) is 7.10. The number of Topliss-reactive ketones (excluding diaryl/α,β-unsaturated/α-hetero) is 1. The van der Waals surface area contributed by atoms with Crippen LogP contribution in [0.1, 0.15) is 33.4 Å². The van der Waals surface area contributed by atoms with Crippen LogP contribution >= 0.6 is 11.3 Å². The van der Waals surface area contributed by atoms with Crippen LogP contribution in [0.15, 0.2) is 0 Å². The normalized spacial score (nSPS) is 10.3. The number of amides is 1. The smallest absolute Gasteiger partial charge is 0.256 e. The fourth-order valence-corrected chi connectivity index (χ4v) is 2.64. The third-order valence-corrected chi connectivity index (χ3v) is 3.79. The van der Waals surface area contributed by atoms with Crippen molar-refractivity contribution in [2.75, 3.05) is 38.4 Å². The van der Waals surface area contributed by atoms with E-state index in [1.165, 1.54) is 25.3 Å². The number of carbonyl (C=O) groups is 2. The van der Waals surface area contributed by atoms with E-state index in [2.05, 4.69) is 10.6 Å². The van der Waals surface area contributed by atoms with Gasteiger partial charge in [-0.2, -0.15) is 0 Å². The number of rotatable bonds is 7. The number of hydrogen-bond acceptors (Lipinski definition) is 6. The van der Waals surface area contributed by atoms with Crippen LogP contribution in [0.4, 0.5) is 10.7 Å². The van der Waals surface area contributed by atoms with Gasteiger partial charge in [0.15, 0.2) is 5.78 Å². The van der Waals surface area contributed by atoms with Gasteiger partial charge in [-0.1, -0.05) is 0 Å². The average Bonchev–Trinajstić information content (AvgIpc) is 2.71. The van der Waals surface area contributed by atoms with Crippen molar-refractivity contribution in [1.29, 1.82) is 0 Å². The molecule has 0 bridgehead atoms. The summed E-state index contributed by atoms with van der Waals surface area (Å²) in [5.74, 6) is -0.437. The topological polar surface area (TPSA) is 93.5 Å². The van der Waals surface area contributed by atoms with Gasteiger partial charge in [0.25, 0.3) is 5.91 Å². The van der Waals surface area contributed by atoms with Crippen molar-refractivity contribution >= 4 is 33.7 Å². The molecule has 0 saturated heterocycles. The van der Waals surface area contributed by atoms with Gasteiger partial charge in [0.05, 0.1) is 16.1 Å². The van der Waals surface area contributed by atoms with E-state index < -0.39 is 0 Å². The van der Waals surface area contributed by atoms with E-state index >= 15 is 0 Å². The zero-order chi connectivity index (χ0) is 14.4. The van der Waals surface area contributed by atoms with Gasteiger partial charge in [0, 0.05) is 34.2 Å².